The van der Waals surface area contributed by atoms with Gasteiger partial charge in [-0.2, -0.15) is 0 Å². The maximum Gasteiger partial charge on any atom is 0.230 e. The SMILES string of the molecule is CCc1nnc(CN2CCO[C@@H](c3ccc4cc(OC)ccc4c3)C2)o1. The number of hydrogen-bond acceptors (Lipinski definition) is 6. The van der Waals surface area contributed by atoms with Crippen molar-refractivity contribution in [1.29, 1.82) is 0 Å². The van der Waals surface area contributed by atoms with Crippen LogP contribution in [0.25, 0.3) is 10.8 Å². The first kappa shape index (κ1) is 17.0. The molecule has 0 unspecified atom stereocenters. The number of benzene rings is 2. The van der Waals surface area contributed by atoms with Gasteiger partial charge in [-0.05, 0) is 34.5 Å². The highest BCUT2D eigenvalue weighted by atomic mass is 16.5. The minimum atomic E-state index is 0.0452. The average Bonchev–Trinajstić information content (AvgIpc) is 3.15. The van der Waals surface area contributed by atoms with E-state index in [1.54, 1.807) is 7.11 Å². The normalized spacial score (nSPS) is 18.3. The highest BCUT2D eigenvalue weighted by Crippen LogP contribution is 2.28. The fourth-order valence-electron chi connectivity index (χ4n) is 3.30. The molecule has 1 aliphatic heterocycles. The topological polar surface area (TPSA) is 60.6 Å². The molecule has 1 aromatic heterocycles. The maximum absolute atomic E-state index is 6.02. The Morgan fingerprint density at radius 1 is 1.12 bits per heavy atom. The highest BCUT2D eigenvalue weighted by Gasteiger charge is 2.23. The van der Waals surface area contributed by atoms with Gasteiger partial charge in [0, 0.05) is 19.5 Å². The Hall–Kier alpha value is -2.44. The van der Waals surface area contributed by atoms with Crippen molar-refractivity contribution in [2.75, 3.05) is 26.8 Å². The van der Waals surface area contributed by atoms with Crippen molar-refractivity contribution in [2.45, 2.75) is 26.0 Å². The van der Waals surface area contributed by atoms with Crippen molar-refractivity contribution in [1.82, 2.24) is 15.1 Å². The van der Waals surface area contributed by atoms with Gasteiger partial charge in [-0.3, -0.25) is 4.90 Å². The lowest BCUT2D eigenvalue weighted by molar-refractivity contribution is -0.0351. The molecule has 0 amide bonds. The Bertz CT molecular complexity index is 893. The predicted molar refractivity (Wildman–Crippen MR) is 98.1 cm³/mol. The van der Waals surface area contributed by atoms with Crippen LogP contribution >= 0.6 is 0 Å². The second-order valence-electron chi connectivity index (χ2n) is 6.51. The van der Waals surface area contributed by atoms with E-state index in [-0.39, 0.29) is 6.10 Å². The molecule has 0 radical (unpaired) electrons. The van der Waals surface area contributed by atoms with Gasteiger partial charge >= 0.3 is 0 Å². The number of aryl methyl sites for hydroxylation is 1. The van der Waals surface area contributed by atoms with E-state index in [1.807, 2.05) is 19.1 Å². The molecular weight excluding hydrogens is 330 g/mol. The van der Waals surface area contributed by atoms with Gasteiger partial charge in [-0.1, -0.05) is 25.1 Å². The van der Waals surface area contributed by atoms with Gasteiger partial charge in [0.1, 0.15) is 5.75 Å². The summed E-state index contributed by atoms with van der Waals surface area (Å²) in [6, 6.07) is 12.6. The van der Waals surface area contributed by atoms with Gasteiger partial charge < -0.3 is 13.9 Å². The summed E-state index contributed by atoms with van der Waals surface area (Å²) in [6.07, 6.45) is 0.810. The largest absolute Gasteiger partial charge is 0.497 e. The molecule has 2 aromatic carbocycles. The third kappa shape index (κ3) is 3.57. The van der Waals surface area contributed by atoms with Gasteiger partial charge in [-0.25, -0.2) is 0 Å². The van der Waals surface area contributed by atoms with E-state index in [4.69, 9.17) is 13.9 Å². The number of fused-ring (bicyclic) bond motifs is 1. The molecule has 0 bridgehead atoms. The number of aromatic nitrogens is 2. The molecule has 0 spiro atoms. The van der Waals surface area contributed by atoms with E-state index in [1.165, 1.54) is 16.3 Å². The Balaban J connectivity index is 1.49. The van der Waals surface area contributed by atoms with E-state index in [0.717, 1.165) is 25.3 Å². The van der Waals surface area contributed by atoms with Crippen LogP contribution in [0.3, 0.4) is 0 Å². The van der Waals surface area contributed by atoms with Gasteiger partial charge in [0.2, 0.25) is 11.8 Å². The number of morpholine rings is 1. The van der Waals surface area contributed by atoms with Crippen LogP contribution in [-0.2, 0) is 17.7 Å². The van der Waals surface area contributed by atoms with E-state index in [0.29, 0.717) is 24.9 Å². The quantitative estimate of drug-likeness (QED) is 0.701. The first-order valence-corrected chi connectivity index (χ1v) is 8.98. The molecule has 3 aromatic rings. The molecular formula is C20H23N3O3. The van der Waals surface area contributed by atoms with Crippen LogP contribution in [0.5, 0.6) is 5.75 Å². The molecule has 6 heteroatoms. The molecule has 0 saturated carbocycles. The summed E-state index contributed by atoms with van der Waals surface area (Å²) in [4.78, 5) is 2.30. The molecule has 2 heterocycles. The number of hydrogen-bond donors (Lipinski definition) is 0. The summed E-state index contributed by atoms with van der Waals surface area (Å²) in [5, 5.41) is 10.5. The van der Waals surface area contributed by atoms with E-state index in [9.17, 15) is 0 Å². The Morgan fingerprint density at radius 2 is 1.92 bits per heavy atom. The Kier molecular flexibility index (Phi) is 4.86. The van der Waals surface area contributed by atoms with E-state index < -0.39 is 0 Å². The molecule has 1 saturated heterocycles. The maximum atomic E-state index is 6.02. The minimum Gasteiger partial charge on any atom is -0.497 e. The summed E-state index contributed by atoms with van der Waals surface area (Å²) in [5.41, 5.74) is 1.19. The lowest BCUT2D eigenvalue weighted by Crippen LogP contribution is -2.37. The van der Waals surface area contributed by atoms with Gasteiger partial charge in [0.25, 0.3) is 0 Å². The third-order valence-electron chi connectivity index (χ3n) is 4.76. The van der Waals surface area contributed by atoms with E-state index in [2.05, 4.69) is 39.4 Å². The molecule has 1 fully saturated rings. The molecule has 136 valence electrons. The lowest BCUT2D eigenvalue weighted by Gasteiger charge is -2.32. The van der Waals surface area contributed by atoms with Gasteiger partial charge in [0.05, 0.1) is 26.4 Å². The van der Waals surface area contributed by atoms with Crippen molar-refractivity contribution in [3.8, 4) is 5.75 Å². The molecule has 4 rings (SSSR count). The minimum absolute atomic E-state index is 0.0452. The van der Waals surface area contributed by atoms with Crippen molar-refractivity contribution in [3.05, 3.63) is 53.7 Å². The van der Waals surface area contributed by atoms with Crippen LogP contribution < -0.4 is 4.74 Å². The molecule has 0 aliphatic carbocycles. The van der Waals surface area contributed by atoms with Crippen molar-refractivity contribution in [2.24, 2.45) is 0 Å². The average molecular weight is 353 g/mol. The number of ether oxygens (including phenoxy) is 2. The lowest BCUT2D eigenvalue weighted by atomic mass is 10.0. The van der Waals surface area contributed by atoms with Crippen LogP contribution in [-0.4, -0.2) is 41.9 Å². The summed E-state index contributed by atoms with van der Waals surface area (Å²) < 4.78 is 17.0. The first-order valence-electron chi connectivity index (χ1n) is 8.98. The zero-order valence-corrected chi connectivity index (χ0v) is 15.1. The summed E-state index contributed by atoms with van der Waals surface area (Å²) in [6.45, 7) is 5.05. The molecule has 6 nitrogen and oxygen atoms in total. The van der Waals surface area contributed by atoms with Crippen LogP contribution in [0.15, 0.2) is 40.8 Å². The summed E-state index contributed by atoms with van der Waals surface area (Å²) in [5.74, 6) is 2.24. The Morgan fingerprint density at radius 3 is 2.73 bits per heavy atom. The zero-order valence-electron chi connectivity index (χ0n) is 15.1. The first-order chi connectivity index (χ1) is 12.7. The van der Waals surface area contributed by atoms with E-state index >= 15 is 0 Å². The Labute approximate surface area is 152 Å². The molecule has 1 atom stereocenters. The van der Waals surface area contributed by atoms with Gasteiger partial charge in [-0.15, -0.1) is 10.2 Å². The summed E-state index contributed by atoms with van der Waals surface area (Å²) >= 11 is 0. The second kappa shape index (κ2) is 7.43. The fourth-order valence-corrected chi connectivity index (χ4v) is 3.30. The number of rotatable bonds is 5. The number of methoxy groups -OCH3 is 1. The van der Waals surface area contributed by atoms with Crippen LogP contribution in [0, 0.1) is 0 Å². The summed E-state index contributed by atoms with van der Waals surface area (Å²) in [7, 11) is 1.69. The molecule has 1 aliphatic rings. The van der Waals surface area contributed by atoms with Crippen LogP contribution in [0.2, 0.25) is 0 Å². The fraction of sp³-hybridized carbons (Fsp3) is 0.400. The molecule has 26 heavy (non-hydrogen) atoms. The van der Waals surface area contributed by atoms with Crippen molar-refractivity contribution >= 4 is 10.8 Å². The smallest absolute Gasteiger partial charge is 0.230 e. The number of nitrogens with zero attached hydrogens (tertiary/aromatic N) is 3. The van der Waals surface area contributed by atoms with Crippen LogP contribution in [0.1, 0.15) is 30.4 Å². The van der Waals surface area contributed by atoms with Gasteiger partial charge in [0.15, 0.2) is 0 Å². The standard InChI is InChI=1S/C20H23N3O3/c1-3-19-21-22-20(26-19)13-23-8-9-25-18(12-23)16-5-4-15-11-17(24-2)7-6-14(15)10-16/h4-7,10-11,18H,3,8-9,12-13H2,1-2H3/t18-/m1/s1. The van der Waals surface area contributed by atoms with Crippen LogP contribution in [0.4, 0.5) is 0 Å². The van der Waals surface area contributed by atoms with Crippen molar-refractivity contribution in [3.63, 3.8) is 0 Å². The third-order valence-corrected chi connectivity index (χ3v) is 4.76. The second-order valence-corrected chi connectivity index (χ2v) is 6.51. The van der Waals surface area contributed by atoms with Crippen molar-refractivity contribution < 1.29 is 13.9 Å². The monoisotopic (exact) mass is 353 g/mol. The predicted octanol–water partition coefficient (Wildman–Crippen LogP) is 3.37. The highest BCUT2D eigenvalue weighted by molar-refractivity contribution is 5.84. The zero-order chi connectivity index (χ0) is 17.9. The molecule has 0 N–H and O–H groups in total.